The predicted octanol–water partition coefficient (Wildman–Crippen LogP) is 2.92. The first-order chi connectivity index (χ1) is 12.6. The number of carbonyl (C=O) groups is 2. The molecule has 1 unspecified atom stereocenters. The first-order valence-electron chi connectivity index (χ1n) is 8.21. The molecule has 0 fully saturated rings. The number of carbonyl (C=O) groups excluding carboxylic acids is 2. The van der Waals surface area contributed by atoms with Gasteiger partial charge in [0.2, 0.25) is 5.91 Å². The number of fused-ring (bicyclic) bond motifs is 1. The van der Waals surface area contributed by atoms with Crippen molar-refractivity contribution in [3.8, 4) is 5.75 Å². The average molecular weight is 374 g/mol. The molecular formula is C19H19FN2O3S. The molecule has 1 atom stereocenters. The van der Waals surface area contributed by atoms with Crippen molar-refractivity contribution >= 4 is 23.6 Å². The summed E-state index contributed by atoms with van der Waals surface area (Å²) in [4.78, 5) is 24.9. The highest BCUT2D eigenvalue weighted by atomic mass is 32.2. The monoisotopic (exact) mass is 374 g/mol. The van der Waals surface area contributed by atoms with Crippen LogP contribution in [0.3, 0.4) is 0 Å². The quantitative estimate of drug-likeness (QED) is 0.845. The largest absolute Gasteiger partial charge is 0.497 e. The highest BCUT2D eigenvalue weighted by molar-refractivity contribution is 7.99. The number of hydrogen-bond acceptors (Lipinski definition) is 4. The van der Waals surface area contributed by atoms with Crippen molar-refractivity contribution in [1.29, 1.82) is 0 Å². The number of thioether (sulfide) groups is 1. The number of hydrogen-bond donors (Lipinski definition) is 2. The van der Waals surface area contributed by atoms with Crippen LogP contribution in [0.5, 0.6) is 5.75 Å². The summed E-state index contributed by atoms with van der Waals surface area (Å²) in [6.07, 6.45) is 0.722. The second-order valence-electron chi connectivity index (χ2n) is 5.83. The summed E-state index contributed by atoms with van der Waals surface area (Å²) in [5.41, 5.74) is 1.23. The molecule has 0 aromatic heterocycles. The van der Waals surface area contributed by atoms with Gasteiger partial charge in [0.15, 0.2) is 0 Å². The minimum absolute atomic E-state index is 0.140. The Kier molecular flexibility index (Phi) is 5.78. The molecule has 3 rings (SSSR count). The second kappa shape index (κ2) is 8.23. The van der Waals surface area contributed by atoms with Gasteiger partial charge in [-0.1, -0.05) is 12.1 Å². The maximum atomic E-state index is 13.9. The first kappa shape index (κ1) is 18.3. The van der Waals surface area contributed by atoms with E-state index >= 15 is 0 Å². The van der Waals surface area contributed by atoms with Crippen LogP contribution in [0, 0.1) is 5.82 Å². The van der Waals surface area contributed by atoms with E-state index in [-0.39, 0.29) is 30.2 Å². The molecule has 2 amide bonds. The fraction of sp³-hybridized carbons (Fsp3) is 0.263. The van der Waals surface area contributed by atoms with Gasteiger partial charge in [-0.25, -0.2) is 4.39 Å². The van der Waals surface area contributed by atoms with Crippen LogP contribution in [0.2, 0.25) is 0 Å². The Morgan fingerprint density at radius 1 is 1.23 bits per heavy atom. The topological polar surface area (TPSA) is 67.4 Å². The number of nitrogens with one attached hydrogen (secondary N) is 2. The van der Waals surface area contributed by atoms with Crippen molar-refractivity contribution in [3.63, 3.8) is 0 Å². The third kappa shape index (κ3) is 4.16. The fourth-order valence-electron chi connectivity index (χ4n) is 2.79. The summed E-state index contributed by atoms with van der Waals surface area (Å²) < 4.78 is 18.9. The minimum Gasteiger partial charge on any atom is -0.497 e. The van der Waals surface area contributed by atoms with Crippen LogP contribution in [0.1, 0.15) is 28.4 Å². The summed E-state index contributed by atoms with van der Waals surface area (Å²) in [7, 11) is 1.55. The maximum absolute atomic E-state index is 13.9. The van der Waals surface area contributed by atoms with E-state index in [1.807, 2.05) is 6.07 Å². The number of ether oxygens (including phenoxy) is 1. The fourth-order valence-corrected chi connectivity index (χ4v) is 3.93. The lowest BCUT2D eigenvalue weighted by atomic mass is 10.0. The lowest BCUT2D eigenvalue weighted by Crippen LogP contribution is -2.39. The number of halogens is 1. The molecule has 5 nitrogen and oxygen atoms in total. The van der Waals surface area contributed by atoms with Crippen molar-refractivity contribution in [1.82, 2.24) is 10.6 Å². The predicted molar refractivity (Wildman–Crippen MR) is 98.0 cm³/mol. The number of amides is 2. The second-order valence-corrected chi connectivity index (χ2v) is 6.93. The van der Waals surface area contributed by atoms with Crippen LogP contribution >= 0.6 is 11.8 Å². The molecule has 0 saturated carbocycles. The smallest absolute Gasteiger partial charge is 0.251 e. The highest BCUT2D eigenvalue weighted by Crippen LogP contribution is 2.37. The molecule has 0 saturated heterocycles. The van der Waals surface area contributed by atoms with E-state index in [9.17, 15) is 14.0 Å². The third-order valence-electron chi connectivity index (χ3n) is 4.12. The van der Waals surface area contributed by atoms with Crippen molar-refractivity contribution in [2.24, 2.45) is 0 Å². The summed E-state index contributed by atoms with van der Waals surface area (Å²) >= 11 is 1.46. The number of rotatable bonds is 5. The zero-order valence-electron chi connectivity index (χ0n) is 14.3. The van der Waals surface area contributed by atoms with Gasteiger partial charge in [0.05, 0.1) is 19.7 Å². The molecule has 0 aliphatic carbocycles. The molecule has 1 aliphatic heterocycles. The molecular weight excluding hydrogens is 355 g/mol. The van der Waals surface area contributed by atoms with Gasteiger partial charge in [0.1, 0.15) is 11.6 Å². The summed E-state index contributed by atoms with van der Waals surface area (Å²) in [6, 6.07) is 11.3. The summed E-state index contributed by atoms with van der Waals surface area (Å²) in [5.74, 6) is 0.476. The molecule has 0 radical (unpaired) electrons. The Bertz CT molecular complexity index is 811. The Hall–Kier alpha value is -2.54. The van der Waals surface area contributed by atoms with Crippen LogP contribution in [0.15, 0.2) is 47.4 Å². The first-order valence-corrected chi connectivity index (χ1v) is 9.20. The van der Waals surface area contributed by atoms with E-state index in [2.05, 4.69) is 10.6 Å². The molecule has 26 heavy (non-hydrogen) atoms. The van der Waals surface area contributed by atoms with Gasteiger partial charge in [-0.2, -0.15) is 0 Å². The van der Waals surface area contributed by atoms with Gasteiger partial charge in [-0.15, -0.1) is 11.8 Å². The van der Waals surface area contributed by atoms with Crippen LogP contribution in [-0.4, -0.2) is 31.2 Å². The molecule has 0 spiro atoms. The van der Waals surface area contributed by atoms with Crippen LogP contribution in [-0.2, 0) is 4.79 Å². The van der Waals surface area contributed by atoms with E-state index in [0.717, 1.165) is 17.7 Å². The summed E-state index contributed by atoms with van der Waals surface area (Å²) in [6.45, 7) is -0.140. The van der Waals surface area contributed by atoms with Crippen molar-refractivity contribution in [2.45, 2.75) is 17.4 Å². The standard InChI is InChI=1S/C19H19FN2O3S/c1-25-13-7-5-12(6-8-13)19(24)21-11-17(23)22-16-9-10-26-18-14(16)3-2-4-15(18)20/h2-8,16H,9-11H2,1H3,(H,21,24)(H,22,23). The SMILES string of the molecule is COc1ccc(C(=O)NCC(=O)NC2CCSc3c(F)cccc32)cc1. The van der Waals surface area contributed by atoms with E-state index in [0.29, 0.717) is 16.2 Å². The third-order valence-corrected chi connectivity index (χ3v) is 5.28. The van der Waals surface area contributed by atoms with Crippen LogP contribution in [0.4, 0.5) is 4.39 Å². The number of methoxy groups -OCH3 is 1. The van der Waals surface area contributed by atoms with Crippen molar-refractivity contribution in [2.75, 3.05) is 19.4 Å². The van der Waals surface area contributed by atoms with Gasteiger partial charge >= 0.3 is 0 Å². The molecule has 2 aromatic rings. The normalized spacial score (nSPS) is 15.7. The van der Waals surface area contributed by atoms with Crippen LogP contribution < -0.4 is 15.4 Å². The Balaban J connectivity index is 1.56. The molecule has 7 heteroatoms. The molecule has 2 aromatic carbocycles. The molecule has 136 valence electrons. The van der Waals surface area contributed by atoms with Crippen molar-refractivity contribution in [3.05, 3.63) is 59.4 Å². The highest BCUT2D eigenvalue weighted by Gasteiger charge is 2.24. The zero-order chi connectivity index (χ0) is 18.5. The zero-order valence-corrected chi connectivity index (χ0v) is 15.1. The Labute approximate surface area is 155 Å². The molecule has 1 aliphatic rings. The minimum atomic E-state index is -0.339. The Morgan fingerprint density at radius 2 is 2.00 bits per heavy atom. The van der Waals surface area contributed by atoms with Gasteiger partial charge in [-0.3, -0.25) is 9.59 Å². The maximum Gasteiger partial charge on any atom is 0.251 e. The van der Waals surface area contributed by atoms with Gasteiger partial charge < -0.3 is 15.4 Å². The molecule has 1 heterocycles. The van der Waals surface area contributed by atoms with E-state index in [1.165, 1.54) is 17.8 Å². The molecule has 0 bridgehead atoms. The lowest BCUT2D eigenvalue weighted by Gasteiger charge is -2.26. The van der Waals surface area contributed by atoms with Crippen molar-refractivity contribution < 1.29 is 18.7 Å². The van der Waals surface area contributed by atoms with E-state index in [4.69, 9.17) is 4.74 Å². The average Bonchev–Trinajstić information content (AvgIpc) is 2.67. The van der Waals surface area contributed by atoms with Gasteiger partial charge in [0, 0.05) is 16.2 Å². The van der Waals surface area contributed by atoms with Crippen LogP contribution in [0.25, 0.3) is 0 Å². The van der Waals surface area contributed by atoms with E-state index < -0.39 is 0 Å². The number of benzene rings is 2. The van der Waals surface area contributed by atoms with Gasteiger partial charge in [-0.05, 0) is 42.3 Å². The Morgan fingerprint density at radius 3 is 2.73 bits per heavy atom. The van der Waals surface area contributed by atoms with Gasteiger partial charge in [0.25, 0.3) is 5.91 Å². The summed E-state index contributed by atoms with van der Waals surface area (Å²) in [5, 5.41) is 5.46. The lowest BCUT2D eigenvalue weighted by molar-refractivity contribution is -0.120. The molecule has 2 N–H and O–H groups in total. The van der Waals surface area contributed by atoms with E-state index in [1.54, 1.807) is 37.4 Å².